The Kier molecular flexibility index (Phi) is 5.21. The molecule has 2 atom stereocenters. The van der Waals surface area contributed by atoms with E-state index in [9.17, 15) is 5.11 Å². The summed E-state index contributed by atoms with van der Waals surface area (Å²) < 4.78 is 0.809. The van der Waals surface area contributed by atoms with E-state index < -0.39 is 0 Å². The van der Waals surface area contributed by atoms with E-state index in [2.05, 4.69) is 31.2 Å². The van der Waals surface area contributed by atoms with E-state index in [4.69, 9.17) is 11.6 Å². The molecule has 0 bridgehead atoms. The van der Waals surface area contributed by atoms with Gasteiger partial charge in [-0.05, 0) is 52.2 Å². The van der Waals surface area contributed by atoms with Crippen LogP contribution in [0.25, 0.3) is 0 Å². The van der Waals surface area contributed by atoms with Crippen LogP contribution in [0.1, 0.15) is 25.7 Å². The molecule has 6 heteroatoms. The maximum Gasteiger partial charge on any atom is 0.224 e. The Bertz CT molecular complexity index is 405. The van der Waals surface area contributed by atoms with E-state index in [0.29, 0.717) is 11.8 Å². The summed E-state index contributed by atoms with van der Waals surface area (Å²) in [6.07, 6.45) is 6.39. The number of aliphatic hydroxyl groups is 1. The molecule has 1 fully saturated rings. The topological polar surface area (TPSA) is 58.0 Å². The SMILES string of the molecule is OCC1CCCCC1CNc1nc(Cl)ncc1Br. The zero-order valence-corrected chi connectivity index (χ0v) is 12.4. The molecule has 0 radical (unpaired) electrons. The average molecular weight is 335 g/mol. The second-order valence-corrected chi connectivity index (χ2v) is 5.90. The van der Waals surface area contributed by atoms with E-state index in [1.54, 1.807) is 6.20 Å². The van der Waals surface area contributed by atoms with Gasteiger partial charge in [0.2, 0.25) is 5.28 Å². The third-order valence-corrected chi connectivity index (χ3v) is 4.31. The van der Waals surface area contributed by atoms with E-state index in [0.717, 1.165) is 29.7 Å². The van der Waals surface area contributed by atoms with Crippen LogP contribution in [0.15, 0.2) is 10.7 Å². The minimum Gasteiger partial charge on any atom is -0.396 e. The van der Waals surface area contributed by atoms with Gasteiger partial charge >= 0.3 is 0 Å². The molecule has 100 valence electrons. The number of halogens is 2. The summed E-state index contributed by atoms with van der Waals surface area (Å²) in [5.41, 5.74) is 0. The molecule has 18 heavy (non-hydrogen) atoms. The van der Waals surface area contributed by atoms with Gasteiger partial charge in [0.15, 0.2) is 0 Å². The van der Waals surface area contributed by atoms with Gasteiger partial charge in [0.1, 0.15) is 5.82 Å². The maximum absolute atomic E-state index is 9.37. The predicted octanol–water partition coefficient (Wildman–Crippen LogP) is 3.10. The lowest BCUT2D eigenvalue weighted by atomic mass is 9.79. The monoisotopic (exact) mass is 333 g/mol. The molecule has 1 aromatic heterocycles. The fraction of sp³-hybridized carbons (Fsp3) is 0.667. The van der Waals surface area contributed by atoms with Crippen LogP contribution in [0, 0.1) is 11.8 Å². The zero-order chi connectivity index (χ0) is 13.0. The van der Waals surface area contributed by atoms with Crippen LogP contribution in [0.5, 0.6) is 0 Å². The van der Waals surface area contributed by atoms with Crippen LogP contribution in [0.2, 0.25) is 5.28 Å². The van der Waals surface area contributed by atoms with Crippen molar-refractivity contribution in [2.75, 3.05) is 18.5 Å². The van der Waals surface area contributed by atoms with Crippen molar-refractivity contribution in [3.63, 3.8) is 0 Å². The van der Waals surface area contributed by atoms with Gasteiger partial charge < -0.3 is 10.4 Å². The molecule has 2 N–H and O–H groups in total. The lowest BCUT2D eigenvalue weighted by Gasteiger charge is -2.30. The number of nitrogens with zero attached hydrogens (tertiary/aromatic N) is 2. The molecule has 0 aliphatic heterocycles. The van der Waals surface area contributed by atoms with Gasteiger partial charge in [-0.2, -0.15) is 4.98 Å². The Morgan fingerprint density at radius 1 is 1.39 bits per heavy atom. The second-order valence-electron chi connectivity index (χ2n) is 4.70. The minimum absolute atomic E-state index is 0.239. The van der Waals surface area contributed by atoms with Crippen LogP contribution in [-0.2, 0) is 0 Å². The second kappa shape index (κ2) is 6.68. The molecule has 1 heterocycles. The lowest BCUT2D eigenvalue weighted by Crippen LogP contribution is -2.28. The van der Waals surface area contributed by atoms with Crippen molar-refractivity contribution < 1.29 is 5.11 Å². The molecule has 0 spiro atoms. The molecule has 1 saturated carbocycles. The minimum atomic E-state index is 0.239. The van der Waals surface area contributed by atoms with Gasteiger partial charge in [-0.3, -0.25) is 0 Å². The molecule has 0 amide bonds. The largest absolute Gasteiger partial charge is 0.396 e. The number of nitrogens with one attached hydrogen (secondary N) is 1. The van der Waals surface area contributed by atoms with Crippen molar-refractivity contribution in [1.29, 1.82) is 0 Å². The standard InChI is InChI=1S/C12H17BrClN3O/c13-10-6-16-12(14)17-11(10)15-5-8-3-1-2-4-9(8)7-18/h6,8-9,18H,1-5,7H2,(H,15,16,17). The number of anilines is 1. The highest BCUT2D eigenvalue weighted by Crippen LogP contribution is 2.30. The first kappa shape index (κ1) is 14.0. The maximum atomic E-state index is 9.37. The van der Waals surface area contributed by atoms with Crippen LogP contribution >= 0.6 is 27.5 Å². The highest BCUT2D eigenvalue weighted by molar-refractivity contribution is 9.10. The molecular weight excluding hydrogens is 318 g/mol. The number of rotatable bonds is 4. The molecule has 2 unspecified atom stereocenters. The van der Waals surface area contributed by atoms with Gasteiger partial charge in [0.05, 0.1) is 4.47 Å². The third-order valence-electron chi connectivity index (χ3n) is 3.55. The van der Waals surface area contributed by atoms with Crippen molar-refractivity contribution in [2.24, 2.45) is 11.8 Å². The first-order valence-electron chi connectivity index (χ1n) is 6.23. The van der Waals surface area contributed by atoms with Crippen molar-refractivity contribution in [2.45, 2.75) is 25.7 Å². The Hall–Kier alpha value is -0.390. The fourth-order valence-corrected chi connectivity index (χ4v) is 2.96. The average Bonchev–Trinajstić information content (AvgIpc) is 2.40. The van der Waals surface area contributed by atoms with E-state index in [-0.39, 0.29) is 11.9 Å². The fourth-order valence-electron chi connectivity index (χ4n) is 2.49. The third kappa shape index (κ3) is 3.56. The van der Waals surface area contributed by atoms with Crippen LogP contribution < -0.4 is 5.32 Å². The quantitative estimate of drug-likeness (QED) is 0.831. The summed E-state index contributed by atoms with van der Waals surface area (Å²) in [4.78, 5) is 8.03. The Morgan fingerprint density at radius 2 is 2.11 bits per heavy atom. The van der Waals surface area contributed by atoms with Crippen molar-refractivity contribution >= 4 is 33.3 Å². The Morgan fingerprint density at radius 3 is 2.83 bits per heavy atom. The summed E-state index contributed by atoms with van der Waals surface area (Å²) in [6.45, 7) is 1.09. The van der Waals surface area contributed by atoms with Gasteiger partial charge in [-0.25, -0.2) is 4.98 Å². The smallest absolute Gasteiger partial charge is 0.224 e. The Labute approximate surface area is 120 Å². The molecule has 4 nitrogen and oxygen atoms in total. The molecule has 1 aliphatic rings. The number of hydrogen-bond donors (Lipinski definition) is 2. The summed E-state index contributed by atoms with van der Waals surface area (Å²) in [6, 6.07) is 0. The van der Waals surface area contributed by atoms with E-state index >= 15 is 0 Å². The summed E-state index contributed by atoms with van der Waals surface area (Å²) in [5.74, 6) is 1.63. The van der Waals surface area contributed by atoms with Crippen molar-refractivity contribution in [3.05, 3.63) is 16.0 Å². The number of aliphatic hydroxyl groups excluding tert-OH is 1. The Balaban J connectivity index is 1.95. The molecule has 0 aromatic carbocycles. The number of hydrogen-bond acceptors (Lipinski definition) is 4. The van der Waals surface area contributed by atoms with Crippen LogP contribution in [0.3, 0.4) is 0 Å². The van der Waals surface area contributed by atoms with Gasteiger partial charge in [-0.15, -0.1) is 0 Å². The number of aromatic nitrogens is 2. The molecule has 1 aliphatic carbocycles. The van der Waals surface area contributed by atoms with Crippen molar-refractivity contribution in [1.82, 2.24) is 9.97 Å². The van der Waals surface area contributed by atoms with Crippen molar-refractivity contribution in [3.8, 4) is 0 Å². The summed E-state index contributed by atoms with van der Waals surface area (Å²) >= 11 is 9.16. The van der Waals surface area contributed by atoms with E-state index in [1.807, 2.05) is 0 Å². The highest BCUT2D eigenvalue weighted by Gasteiger charge is 2.24. The molecule has 2 rings (SSSR count). The normalized spacial score (nSPS) is 23.9. The van der Waals surface area contributed by atoms with E-state index in [1.165, 1.54) is 12.8 Å². The lowest BCUT2D eigenvalue weighted by molar-refractivity contribution is 0.141. The first-order chi connectivity index (χ1) is 8.70. The van der Waals surface area contributed by atoms with Crippen LogP contribution in [-0.4, -0.2) is 28.2 Å². The molecule has 0 saturated heterocycles. The molecule has 1 aromatic rings. The van der Waals surface area contributed by atoms with Gasteiger partial charge in [0, 0.05) is 19.3 Å². The molecular formula is C12H17BrClN3O. The van der Waals surface area contributed by atoms with Gasteiger partial charge in [0.25, 0.3) is 0 Å². The highest BCUT2D eigenvalue weighted by atomic mass is 79.9. The van der Waals surface area contributed by atoms with Crippen LogP contribution in [0.4, 0.5) is 5.82 Å². The summed E-state index contributed by atoms with van der Waals surface area (Å²) in [7, 11) is 0. The first-order valence-corrected chi connectivity index (χ1v) is 7.40. The predicted molar refractivity (Wildman–Crippen MR) is 75.8 cm³/mol. The van der Waals surface area contributed by atoms with Gasteiger partial charge in [-0.1, -0.05) is 12.8 Å². The zero-order valence-electron chi connectivity index (χ0n) is 10.1. The summed E-state index contributed by atoms with van der Waals surface area (Å²) in [5, 5.41) is 12.9.